The van der Waals surface area contributed by atoms with Gasteiger partial charge in [-0.1, -0.05) is 18.5 Å². The van der Waals surface area contributed by atoms with Crippen molar-refractivity contribution in [2.45, 2.75) is 38.8 Å². The molecule has 0 saturated heterocycles. The molecule has 1 rings (SSSR count). The molecular weight excluding hydrogens is 264 g/mol. The third-order valence-corrected chi connectivity index (χ3v) is 3.02. The van der Waals surface area contributed by atoms with Gasteiger partial charge in [0.1, 0.15) is 6.07 Å². The number of rotatable bonds is 6. The molecule has 4 nitrogen and oxygen atoms in total. The molecule has 0 aliphatic carbocycles. The predicted molar refractivity (Wildman–Crippen MR) is 75.7 cm³/mol. The van der Waals surface area contributed by atoms with Crippen molar-refractivity contribution in [1.29, 1.82) is 5.26 Å². The summed E-state index contributed by atoms with van der Waals surface area (Å²) in [6, 6.07) is 5.52. The topological polar surface area (TPSA) is 68.3 Å². The highest BCUT2D eigenvalue weighted by Crippen LogP contribution is 2.36. The lowest BCUT2D eigenvalue weighted by Crippen LogP contribution is -2.22. The Balaban J connectivity index is 3.17. The SMILES string of the molecule is CCC(N)Cc1cc(Cl)cc(OC)c1OC(C)C#N. The van der Waals surface area contributed by atoms with Crippen LogP contribution in [0.3, 0.4) is 0 Å². The highest BCUT2D eigenvalue weighted by molar-refractivity contribution is 6.30. The fourth-order valence-electron chi connectivity index (χ4n) is 1.69. The molecule has 2 N–H and O–H groups in total. The van der Waals surface area contributed by atoms with Gasteiger partial charge < -0.3 is 15.2 Å². The number of hydrogen-bond donors (Lipinski definition) is 1. The Morgan fingerprint density at radius 3 is 2.68 bits per heavy atom. The van der Waals surface area contributed by atoms with Crippen LogP contribution in [0.1, 0.15) is 25.8 Å². The van der Waals surface area contributed by atoms with E-state index < -0.39 is 6.10 Å². The minimum Gasteiger partial charge on any atom is -0.493 e. The number of nitrogens with zero attached hydrogens (tertiary/aromatic N) is 1. The first-order chi connectivity index (χ1) is 9.01. The van der Waals surface area contributed by atoms with Gasteiger partial charge in [-0.25, -0.2) is 0 Å². The third-order valence-electron chi connectivity index (χ3n) is 2.80. The molecule has 0 aliphatic heterocycles. The van der Waals surface area contributed by atoms with Crippen molar-refractivity contribution < 1.29 is 9.47 Å². The molecular formula is C14H19ClN2O2. The van der Waals surface area contributed by atoms with E-state index in [9.17, 15) is 0 Å². The zero-order chi connectivity index (χ0) is 14.4. The average molecular weight is 283 g/mol. The molecule has 0 radical (unpaired) electrons. The van der Waals surface area contributed by atoms with E-state index in [1.807, 2.05) is 13.0 Å². The fraction of sp³-hybridized carbons (Fsp3) is 0.500. The normalized spacial score (nSPS) is 13.5. The highest BCUT2D eigenvalue weighted by Gasteiger charge is 2.17. The van der Waals surface area contributed by atoms with Crippen LogP contribution >= 0.6 is 11.6 Å². The summed E-state index contributed by atoms with van der Waals surface area (Å²) in [6.45, 7) is 3.70. The molecule has 5 heteroatoms. The van der Waals surface area contributed by atoms with Gasteiger partial charge in [0.15, 0.2) is 17.6 Å². The Bertz CT molecular complexity index is 471. The van der Waals surface area contributed by atoms with E-state index in [4.69, 9.17) is 32.1 Å². The second-order valence-corrected chi connectivity index (χ2v) is 4.79. The van der Waals surface area contributed by atoms with Crippen LogP contribution in [0.25, 0.3) is 0 Å². The minimum absolute atomic E-state index is 0.0166. The maximum Gasteiger partial charge on any atom is 0.181 e. The zero-order valence-corrected chi connectivity index (χ0v) is 12.2. The van der Waals surface area contributed by atoms with Crippen molar-refractivity contribution in [3.63, 3.8) is 0 Å². The summed E-state index contributed by atoms with van der Waals surface area (Å²) in [5.41, 5.74) is 6.84. The van der Waals surface area contributed by atoms with Gasteiger partial charge in [0.25, 0.3) is 0 Å². The quantitative estimate of drug-likeness (QED) is 0.871. The van der Waals surface area contributed by atoms with Gasteiger partial charge in [0.2, 0.25) is 0 Å². The van der Waals surface area contributed by atoms with Crippen molar-refractivity contribution in [2.24, 2.45) is 5.73 Å². The predicted octanol–water partition coefficient (Wildman–Crippen LogP) is 2.92. The van der Waals surface area contributed by atoms with Crippen LogP contribution in [-0.4, -0.2) is 19.3 Å². The van der Waals surface area contributed by atoms with Gasteiger partial charge in [0, 0.05) is 22.7 Å². The molecule has 0 spiro atoms. The average Bonchev–Trinajstić information content (AvgIpc) is 2.40. The zero-order valence-electron chi connectivity index (χ0n) is 11.4. The molecule has 0 aliphatic rings. The van der Waals surface area contributed by atoms with Crippen LogP contribution in [0.15, 0.2) is 12.1 Å². The Labute approximate surface area is 119 Å². The summed E-state index contributed by atoms with van der Waals surface area (Å²) < 4.78 is 10.9. The van der Waals surface area contributed by atoms with Crippen molar-refractivity contribution in [3.05, 3.63) is 22.7 Å². The monoisotopic (exact) mass is 282 g/mol. The Hall–Kier alpha value is -1.44. The molecule has 0 fully saturated rings. The molecule has 2 atom stereocenters. The summed E-state index contributed by atoms with van der Waals surface area (Å²) in [6.07, 6.45) is 0.912. The van der Waals surface area contributed by atoms with Crippen LogP contribution in [0.5, 0.6) is 11.5 Å². The number of methoxy groups -OCH3 is 1. The van der Waals surface area contributed by atoms with Crippen molar-refractivity contribution >= 4 is 11.6 Å². The van der Waals surface area contributed by atoms with Crippen molar-refractivity contribution in [1.82, 2.24) is 0 Å². The molecule has 0 saturated carbocycles. The molecule has 0 bridgehead atoms. The molecule has 0 amide bonds. The second-order valence-electron chi connectivity index (χ2n) is 4.36. The lowest BCUT2D eigenvalue weighted by Gasteiger charge is -2.18. The van der Waals surface area contributed by atoms with Gasteiger partial charge in [0.05, 0.1) is 7.11 Å². The highest BCUT2D eigenvalue weighted by atomic mass is 35.5. The smallest absolute Gasteiger partial charge is 0.181 e. The summed E-state index contributed by atoms with van der Waals surface area (Å²) >= 11 is 6.06. The first-order valence-electron chi connectivity index (χ1n) is 6.20. The maximum atomic E-state index is 8.87. The Kier molecular flexibility index (Phi) is 5.94. The van der Waals surface area contributed by atoms with Crippen LogP contribution in [0, 0.1) is 11.3 Å². The molecule has 1 aromatic rings. The molecule has 19 heavy (non-hydrogen) atoms. The second kappa shape index (κ2) is 7.22. The number of ether oxygens (including phenoxy) is 2. The van der Waals surface area contributed by atoms with Crippen LogP contribution in [0.2, 0.25) is 5.02 Å². The van der Waals surface area contributed by atoms with Gasteiger partial charge >= 0.3 is 0 Å². The molecule has 104 valence electrons. The van der Waals surface area contributed by atoms with E-state index in [1.54, 1.807) is 26.2 Å². The number of nitrogens with two attached hydrogens (primary N) is 1. The van der Waals surface area contributed by atoms with E-state index in [0.29, 0.717) is 22.9 Å². The van der Waals surface area contributed by atoms with Crippen molar-refractivity contribution in [3.8, 4) is 17.6 Å². The lowest BCUT2D eigenvalue weighted by atomic mass is 10.0. The maximum absolute atomic E-state index is 8.87. The summed E-state index contributed by atoms with van der Waals surface area (Å²) in [5.74, 6) is 1.07. The van der Waals surface area contributed by atoms with Crippen molar-refractivity contribution in [2.75, 3.05) is 7.11 Å². The number of hydrogen-bond acceptors (Lipinski definition) is 4. The van der Waals surface area contributed by atoms with E-state index in [-0.39, 0.29) is 6.04 Å². The van der Waals surface area contributed by atoms with Gasteiger partial charge in [-0.15, -0.1) is 0 Å². The Morgan fingerprint density at radius 2 is 2.16 bits per heavy atom. The van der Waals surface area contributed by atoms with Crippen LogP contribution in [0.4, 0.5) is 0 Å². The van der Waals surface area contributed by atoms with Crippen LogP contribution < -0.4 is 15.2 Å². The first kappa shape index (κ1) is 15.6. The fourth-order valence-corrected chi connectivity index (χ4v) is 1.92. The van der Waals surface area contributed by atoms with E-state index in [1.165, 1.54) is 0 Å². The van der Waals surface area contributed by atoms with Gasteiger partial charge in [-0.3, -0.25) is 0 Å². The van der Waals surface area contributed by atoms with Gasteiger partial charge in [-0.2, -0.15) is 5.26 Å². The Morgan fingerprint density at radius 1 is 1.47 bits per heavy atom. The lowest BCUT2D eigenvalue weighted by molar-refractivity contribution is 0.256. The third kappa shape index (κ3) is 4.30. The van der Waals surface area contributed by atoms with Crippen LogP contribution in [-0.2, 0) is 6.42 Å². The summed E-state index contributed by atoms with van der Waals surface area (Å²) in [5, 5.41) is 9.43. The molecule has 2 unspecified atom stereocenters. The molecule has 0 aromatic heterocycles. The largest absolute Gasteiger partial charge is 0.493 e. The summed E-state index contributed by atoms with van der Waals surface area (Å²) in [7, 11) is 1.54. The molecule has 0 heterocycles. The standard InChI is InChI=1S/C14H19ClN2O2/c1-4-12(17)6-10-5-11(15)7-13(18-3)14(10)19-9(2)8-16/h5,7,9,12H,4,6,17H2,1-3H3. The van der Waals surface area contributed by atoms with E-state index in [2.05, 4.69) is 0 Å². The first-order valence-corrected chi connectivity index (χ1v) is 6.57. The number of nitriles is 1. The van der Waals surface area contributed by atoms with Gasteiger partial charge in [-0.05, 0) is 25.8 Å². The number of benzene rings is 1. The molecule has 1 aromatic carbocycles. The van der Waals surface area contributed by atoms with E-state index >= 15 is 0 Å². The minimum atomic E-state index is -0.563. The summed E-state index contributed by atoms with van der Waals surface area (Å²) in [4.78, 5) is 0. The number of halogens is 1. The van der Waals surface area contributed by atoms with E-state index in [0.717, 1.165) is 12.0 Å².